The number of nitrogens with zero attached hydrogens (tertiary/aromatic N) is 4. The maximum absolute atomic E-state index is 13.4. The molecule has 4 N–H and O–H groups in total. The van der Waals surface area contributed by atoms with Gasteiger partial charge in [0.15, 0.2) is 11.5 Å². The van der Waals surface area contributed by atoms with Crippen LogP contribution < -0.4 is 16.0 Å². The Morgan fingerprint density at radius 3 is 2.41 bits per heavy atom. The Morgan fingerprint density at radius 2 is 1.77 bits per heavy atom. The number of benzene rings is 1. The van der Waals surface area contributed by atoms with Crippen LogP contribution in [0.25, 0.3) is 11.3 Å². The molecule has 3 aromatic rings. The Bertz CT molecular complexity index is 1350. The van der Waals surface area contributed by atoms with Gasteiger partial charge in [-0.2, -0.15) is 18.3 Å². The number of carbonyl (C=O) groups excluding carboxylic acids is 2. The Balaban J connectivity index is 1.66. The molecule has 2 aromatic heterocycles. The molecular formula is C24H28F3N7O5. The molecule has 3 rings (SSSR count). The van der Waals surface area contributed by atoms with E-state index < -0.39 is 23.9 Å². The third kappa shape index (κ3) is 7.34. The highest BCUT2D eigenvalue weighted by Crippen LogP contribution is 2.36. The third-order valence-electron chi connectivity index (χ3n) is 5.61. The van der Waals surface area contributed by atoms with Crippen LogP contribution >= 0.6 is 0 Å². The maximum Gasteiger partial charge on any atom is 0.435 e. The molecule has 2 heterocycles. The second kappa shape index (κ2) is 12.4. The first-order chi connectivity index (χ1) is 18.4. The number of alkyl halides is 3. The number of ether oxygens (including phenoxy) is 1. The minimum absolute atomic E-state index is 0.0731. The van der Waals surface area contributed by atoms with Gasteiger partial charge in [0, 0.05) is 44.6 Å². The first kappa shape index (κ1) is 29.2. The lowest BCUT2D eigenvalue weighted by Gasteiger charge is -2.12. The van der Waals surface area contributed by atoms with Crippen molar-refractivity contribution in [2.24, 2.45) is 14.1 Å². The van der Waals surface area contributed by atoms with Crippen LogP contribution in [0, 0.1) is 0 Å². The Kier molecular flexibility index (Phi) is 9.29. The van der Waals surface area contributed by atoms with Crippen molar-refractivity contribution in [2.45, 2.75) is 19.5 Å². The summed E-state index contributed by atoms with van der Waals surface area (Å²) in [6.45, 7) is 2.54. The lowest BCUT2D eigenvalue weighted by atomic mass is 10.0. The number of anilines is 1. The van der Waals surface area contributed by atoms with Crippen LogP contribution in [0.3, 0.4) is 0 Å². The molecule has 0 aliphatic rings. The fraction of sp³-hybridized carbons (Fsp3) is 0.375. The van der Waals surface area contributed by atoms with Crippen LogP contribution in [0.4, 0.5) is 23.7 Å². The van der Waals surface area contributed by atoms with Gasteiger partial charge in [0.05, 0.1) is 30.7 Å². The molecule has 12 nitrogen and oxygen atoms in total. The van der Waals surface area contributed by atoms with Gasteiger partial charge in [-0.15, -0.1) is 0 Å². The number of carbonyl (C=O) groups is 3. The highest BCUT2D eigenvalue weighted by atomic mass is 19.4. The molecule has 0 spiro atoms. The van der Waals surface area contributed by atoms with Gasteiger partial charge in [-0.05, 0) is 30.2 Å². The summed E-state index contributed by atoms with van der Waals surface area (Å²) in [5.41, 5.74) is 0.225. The van der Waals surface area contributed by atoms with Crippen molar-refractivity contribution >= 4 is 23.6 Å². The van der Waals surface area contributed by atoms with Crippen LogP contribution in [-0.4, -0.2) is 68.6 Å². The fourth-order valence-electron chi connectivity index (χ4n) is 3.79. The summed E-state index contributed by atoms with van der Waals surface area (Å²) in [4.78, 5) is 39.9. The largest absolute Gasteiger partial charge is 0.465 e. The molecule has 39 heavy (non-hydrogen) atoms. The van der Waals surface area contributed by atoms with E-state index in [9.17, 15) is 27.6 Å². The standard InChI is InChI=1S/C24H28F3N7O5/c1-4-14-11-15(5-6-16(14)21(35)28-7-9-39-10-8-29-23(37)38)31-22(36)20-30-12-18(34(20)3)17-13-33(2)32-19(17)24(25,26)27/h5-6,11-13,29H,4,7-10H2,1-3H3,(H,28,35)(H,31,36)(H,37,38). The predicted octanol–water partition coefficient (Wildman–Crippen LogP) is 2.67. The van der Waals surface area contributed by atoms with Gasteiger partial charge < -0.3 is 30.4 Å². The van der Waals surface area contributed by atoms with E-state index in [4.69, 9.17) is 9.84 Å². The van der Waals surface area contributed by atoms with Crippen LogP contribution in [0.1, 0.15) is 39.2 Å². The molecule has 0 atom stereocenters. The number of halogens is 3. The molecule has 3 amide bonds. The molecule has 0 fully saturated rings. The van der Waals surface area contributed by atoms with E-state index in [1.165, 1.54) is 37.1 Å². The predicted molar refractivity (Wildman–Crippen MR) is 133 cm³/mol. The molecule has 15 heteroatoms. The average molecular weight is 552 g/mol. The summed E-state index contributed by atoms with van der Waals surface area (Å²) >= 11 is 0. The lowest BCUT2D eigenvalue weighted by molar-refractivity contribution is -0.141. The molecule has 0 aliphatic heterocycles. The number of aryl methyl sites for hydroxylation is 2. The number of hydrogen-bond donors (Lipinski definition) is 4. The molecule has 0 radical (unpaired) electrons. The maximum atomic E-state index is 13.4. The monoisotopic (exact) mass is 551 g/mol. The van der Waals surface area contributed by atoms with Gasteiger partial charge in [0.2, 0.25) is 0 Å². The first-order valence-corrected chi connectivity index (χ1v) is 11.8. The highest BCUT2D eigenvalue weighted by molar-refractivity contribution is 6.03. The van der Waals surface area contributed by atoms with Gasteiger partial charge >= 0.3 is 12.3 Å². The Hall–Kier alpha value is -4.40. The van der Waals surface area contributed by atoms with Gasteiger partial charge in [0.1, 0.15) is 0 Å². The lowest BCUT2D eigenvalue weighted by Crippen LogP contribution is -2.30. The van der Waals surface area contributed by atoms with E-state index in [0.29, 0.717) is 23.2 Å². The summed E-state index contributed by atoms with van der Waals surface area (Å²) in [6.07, 6.45) is -2.95. The number of rotatable bonds is 11. The minimum Gasteiger partial charge on any atom is -0.465 e. The van der Waals surface area contributed by atoms with Crippen LogP contribution in [0.15, 0.2) is 30.6 Å². The van der Waals surface area contributed by atoms with E-state index >= 15 is 0 Å². The van der Waals surface area contributed by atoms with Crippen molar-refractivity contribution in [3.8, 4) is 11.3 Å². The number of nitrogens with one attached hydrogen (secondary N) is 3. The molecule has 0 saturated carbocycles. The summed E-state index contributed by atoms with van der Waals surface area (Å²) in [7, 11) is 2.80. The zero-order chi connectivity index (χ0) is 28.7. The quantitative estimate of drug-likeness (QED) is 0.267. The number of imidazole rings is 1. The number of aromatic nitrogens is 4. The number of hydrogen-bond acceptors (Lipinski definition) is 6. The van der Waals surface area contributed by atoms with Crippen molar-refractivity contribution in [1.29, 1.82) is 0 Å². The normalized spacial score (nSPS) is 11.3. The zero-order valence-electron chi connectivity index (χ0n) is 21.4. The first-order valence-electron chi connectivity index (χ1n) is 11.8. The second-order valence-corrected chi connectivity index (χ2v) is 8.37. The molecule has 0 unspecified atom stereocenters. The van der Waals surface area contributed by atoms with E-state index in [-0.39, 0.29) is 49.3 Å². The highest BCUT2D eigenvalue weighted by Gasteiger charge is 2.38. The molecule has 210 valence electrons. The van der Waals surface area contributed by atoms with Crippen LogP contribution in [-0.2, 0) is 31.4 Å². The van der Waals surface area contributed by atoms with E-state index in [2.05, 4.69) is 26.0 Å². The van der Waals surface area contributed by atoms with Crippen molar-refractivity contribution < 1.29 is 37.4 Å². The molecular weight excluding hydrogens is 523 g/mol. The Labute approximate surface area is 221 Å². The molecule has 0 aliphatic carbocycles. The summed E-state index contributed by atoms with van der Waals surface area (Å²) in [6, 6.07) is 4.72. The van der Waals surface area contributed by atoms with E-state index in [0.717, 1.165) is 4.68 Å². The van der Waals surface area contributed by atoms with Gasteiger partial charge in [-0.3, -0.25) is 14.3 Å². The van der Waals surface area contributed by atoms with Gasteiger partial charge in [-0.25, -0.2) is 9.78 Å². The van der Waals surface area contributed by atoms with Gasteiger partial charge in [-0.1, -0.05) is 6.92 Å². The average Bonchev–Trinajstić information content (AvgIpc) is 3.45. The molecule has 0 saturated heterocycles. The number of amides is 3. The van der Waals surface area contributed by atoms with E-state index in [1.54, 1.807) is 12.1 Å². The van der Waals surface area contributed by atoms with Crippen LogP contribution in [0.5, 0.6) is 0 Å². The van der Waals surface area contributed by atoms with Crippen LogP contribution in [0.2, 0.25) is 0 Å². The second-order valence-electron chi connectivity index (χ2n) is 8.37. The summed E-state index contributed by atoms with van der Waals surface area (Å²) in [5, 5.41) is 19.5. The molecule has 0 bridgehead atoms. The number of carboxylic acid groups (broad SMARTS) is 1. The molecule has 1 aromatic carbocycles. The third-order valence-corrected chi connectivity index (χ3v) is 5.61. The SMILES string of the molecule is CCc1cc(NC(=O)c2ncc(-c3cn(C)nc3C(F)(F)F)n2C)ccc1C(=O)NCCOCCNC(=O)O. The van der Waals surface area contributed by atoms with Crippen molar-refractivity contribution in [1.82, 2.24) is 30.0 Å². The topological polar surface area (TPSA) is 152 Å². The van der Waals surface area contributed by atoms with Crippen molar-refractivity contribution in [3.05, 3.63) is 53.2 Å². The minimum atomic E-state index is -4.68. The van der Waals surface area contributed by atoms with Gasteiger partial charge in [0.25, 0.3) is 11.8 Å². The van der Waals surface area contributed by atoms with Crippen molar-refractivity contribution in [2.75, 3.05) is 31.6 Å². The fourth-order valence-corrected chi connectivity index (χ4v) is 3.79. The Morgan fingerprint density at radius 1 is 1.08 bits per heavy atom. The smallest absolute Gasteiger partial charge is 0.435 e. The summed E-state index contributed by atoms with van der Waals surface area (Å²) in [5.74, 6) is -1.10. The zero-order valence-corrected chi connectivity index (χ0v) is 21.4. The van der Waals surface area contributed by atoms with E-state index in [1.807, 2.05) is 6.92 Å². The summed E-state index contributed by atoms with van der Waals surface area (Å²) < 4.78 is 47.8. The van der Waals surface area contributed by atoms with Crippen molar-refractivity contribution in [3.63, 3.8) is 0 Å².